The van der Waals surface area contributed by atoms with Gasteiger partial charge in [0.15, 0.2) is 5.11 Å². The van der Waals surface area contributed by atoms with Gasteiger partial charge in [-0.3, -0.25) is 4.98 Å². The van der Waals surface area contributed by atoms with E-state index in [1.54, 1.807) is 0 Å². The maximum atomic E-state index is 5.85. The fourth-order valence-electron chi connectivity index (χ4n) is 3.07. The third-order valence-corrected chi connectivity index (χ3v) is 5.17. The van der Waals surface area contributed by atoms with Crippen LogP contribution in [0.2, 0.25) is 0 Å². The lowest BCUT2D eigenvalue weighted by Crippen LogP contribution is -2.38. The second-order valence-electron chi connectivity index (χ2n) is 7.23. The van der Waals surface area contributed by atoms with Crippen LogP contribution in [0.25, 0.3) is 0 Å². The van der Waals surface area contributed by atoms with Crippen LogP contribution < -0.4 is 5.32 Å². The number of nitrogens with one attached hydrogen (secondary N) is 1. The van der Waals surface area contributed by atoms with E-state index >= 15 is 0 Å². The van der Waals surface area contributed by atoms with E-state index in [1.165, 1.54) is 16.7 Å². The Hall–Kier alpha value is -1.94. The van der Waals surface area contributed by atoms with Crippen molar-refractivity contribution in [2.24, 2.45) is 5.92 Å². The van der Waals surface area contributed by atoms with Crippen molar-refractivity contribution in [2.75, 3.05) is 11.9 Å². The zero-order chi connectivity index (χ0) is 19.1. The van der Waals surface area contributed by atoms with Gasteiger partial charge in [0.25, 0.3) is 0 Å². The van der Waals surface area contributed by atoms with Crippen molar-refractivity contribution < 1.29 is 0 Å². The monoisotopic (exact) mass is 369 g/mol. The minimum Gasteiger partial charge on any atom is -0.342 e. The van der Waals surface area contributed by atoms with Crippen LogP contribution in [-0.2, 0) is 6.42 Å². The van der Waals surface area contributed by atoms with Crippen LogP contribution in [0.1, 0.15) is 56.8 Å². The average molecular weight is 370 g/mol. The molecule has 26 heavy (non-hydrogen) atoms. The number of nitrogens with zero attached hydrogens (tertiary/aromatic N) is 2. The van der Waals surface area contributed by atoms with Crippen LogP contribution in [-0.4, -0.2) is 21.5 Å². The molecule has 1 unspecified atom stereocenters. The highest BCUT2D eigenvalue weighted by molar-refractivity contribution is 7.80. The van der Waals surface area contributed by atoms with Crippen LogP contribution >= 0.6 is 12.2 Å². The highest BCUT2D eigenvalue weighted by Gasteiger charge is 2.20. The van der Waals surface area contributed by atoms with Crippen molar-refractivity contribution >= 4 is 23.0 Å². The molecule has 1 heterocycles. The predicted molar refractivity (Wildman–Crippen MR) is 116 cm³/mol. The Kier molecular flexibility index (Phi) is 7.58. The summed E-state index contributed by atoms with van der Waals surface area (Å²) >= 11 is 5.85. The molecule has 0 fully saturated rings. The summed E-state index contributed by atoms with van der Waals surface area (Å²) in [6, 6.07) is 10.8. The first-order valence-electron chi connectivity index (χ1n) is 9.50. The van der Waals surface area contributed by atoms with Gasteiger partial charge >= 0.3 is 0 Å². The van der Waals surface area contributed by atoms with Crippen LogP contribution in [0.3, 0.4) is 0 Å². The average Bonchev–Trinajstić information content (AvgIpc) is 2.63. The summed E-state index contributed by atoms with van der Waals surface area (Å²) in [5.74, 6) is 0.634. The van der Waals surface area contributed by atoms with Crippen LogP contribution in [0, 0.1) is 12.8 Å². The molecule has 0 saturated heterocycles. The molecule has 140 valence electrons. The molecule has 0 spiro atoms. The molecular formula is C22H31N3S. The van der Waals surface area contributed by atoms with E-state index in [2.05, 4.69) is 80.2 Å². The summed E-state index contributed by atoms with van der Waals surface area (Å²) < 4.78 is 0. The Bertz CT molecular complexity index is 713. The molecular weight excluding hydrogens is 338 g/mol. The van der Waals surface area contributed by atoms with Gasteiger partial charge in [0.05, 0.1) is 6.04 Å². The second kappa shape index (κ2) is 9.67. The van der Waals surface area contributed by atoms with E-state index in [0.29, 0.717) is 5.92 Å². The third-order valence-electron chi connectivity index (χ3n) is 4.84. The number of benzene rings is 1. The van der Waals surface area contributed by atoms with Gasteiger partial charge in [-0.25, -0.2) is 0 Å². The van der Waals surface area contributed by atoms with E-state index < -0.39 is 0 Å². The van der Waals surface area contributed by atoms with Gasteiger partial charge in [0, 0.05) is 24.6 Å². The summed E-state index contributed by atoms with van der Waals surface area (Å²) in [5.41, 5.74) is 4.91. The molecule has 1 N–H and O–H groups in total. The molecule has 0 aliphatic heterocycles. The number of rotatable bonds is 7. The molecule has 0 saturated carbocycles. The Labute approximate surface area is 163 Å². The first-order valence-corrected chi connectivity index (χ1v) is 9.90. The van der Waals surface area contributed by atoms with Gasteiger partial charge in [-0.05, 0) is 73.6 Å². The number of aromatic nitrogens is 1. The smallest absolute Gasteiger partial charge is 0.173 e. The normalized spacial score (nSPS) is 12.1. The topological polar surface area (TPSA) is 28.2 Å². The SMILES string of the molecule is CCc1cccc(C)c1NC(=S)N(CCC(C)C)C(C)c1ccncc1. The molecule has 0 radical (unpaired) electrons. The molecule has 2 rings (SSSR count). The first kappa shape index (κ1) is 20.4. The van der Waals surface area contributed by atoms with Gasteiger partial charge in [0.2, 0.25) is 0 Å². The molecule has 0 amide bonds. The molecule has 1 atom stereocenters. The van der Waals surface area contributed by atoms with Crippen molar-refractivity contribution in [1.82, 2.24) is 9.88 Å². The number of pyridine rings is 1. The molecule has 1 aromatic carbocycles. The lowest BCUT2D eigenvalue weighted by molar-refractivity contribution is 0.318. The number of hydrogen-bond acceptors (Lipinski definition) is 2. The number of thiocarbonyl (C=S) groups is 1. The molecule has 0 aliphatic rings. The van der Waals surface area contributed by atoms with Gasteiger partial charge in [0.1, 0.15) is 0 Å². The molecule has 2 aromatic rings. The fourth-order valence-corrected chi connectivity index (χ4v) is 3.42. The van der Waals surface area contributed by atoms with Crippen molar-refractivity contribution in [1.29, 1.82) is 0 Å². The maximum absolute atomic E-state index is 5.85. The molecule has 1 aromatic heterocycles. The summed E-state index contributed by atoms with van der Waals surface area (Å²) in [7, 11) is 0. The van der Waals surface area contributed by atoms with E-state index in [-0.39, 0.29) is 6.04 Å². The van der Waals surface area contributed by atoms with Gasteiger partial charge in [-0.1, -0.05) is 39.0 Å². The third kappa shape index (κ3) is 5.28. The van der Waals surface area contributed by atoms with Crippen LogP contribution in [0.5, 0.6) is 0 Å². The quantitative estimate of drug-likeness (QED) is 0.628. The lowest BCUT2D eigenvalue weighted by Gasteiger charge is -2.33. The van der Waals surface area contributed by atoms with Crippen LogP contribution in [0.15, 0.2) is 42.7 Å². The summed E-state index contributed by atoms with van der Waals surface area (Å²) in [6.07, 6.45) is 5.78. The largest absolute Gasteiger partial charge is 0.342 e. The van der Waals surface area contributed by atoms with Crippen LogP contribution in [0.4, 0.5) is 5.69 Å². The van der Waals surface area contributed by atoms with Crippen molar-refractivity contribution in [3.8, 4) is 0 Å². The molecule has 0 bridgehead atoms. The van der Waals surface area contributed by atoms with Crippen molar-refractivity contribution in [2.45, 2.75) is 53.5 Å². The van der Waals surface area contributed by atoms with E-state index in [1.807, 2.05) is 12.4 Å². The summed E-state index contributed by atoms with van der Waals surface area (Å²) in [6.45, 7) is 12.0. The zero-order valence-corrected chi connectivity index (χ0v) is 17.4. The molecule has 4 heteroatoms. The highest BCUT2D eigenvalue weighted by Crippen LogP contribution is 2.25. The Balaban J connectivity index is 2.26. The number of aryl methyl sites for hydroxylation is 2. The van der Waals surface area contributed by atoms with E-state index in [4.69, 9.17) is 12.2 Å². The second-order valence-corrected chi connectivity index (χ2v) is 7.61. The minimum absolute atomic E-state index is 0.200. The van der Waals surface area contributed by atoms with Crippen molar-refractivity contribution in [3.05, 3.63) is 59.4 Å². The highest BCUT2D eigenvalue weighted by atomic mass is 32.1. The predicted octanol–water partition coefficient (Wildman–Crippen LogP) is 5.76. The number of anilines is 1. The minimum atomic E-state index is 0.200. The Morgan fingerprint density at radius 2 is 1.85 bits per heavy atom. The van der Waals surface area contributed by atoms with Gasteiger partial charge in [-0.2, -0.15) is 0 Å². The fraction of sp³-hybridized carbons (Fsp3) is 0.455. The zero-order valence-electron chi connectivity index (χ0n) is 16.6. The number of hydrogen-bond donors (Lipinski definition) is 1. The van der Waals surface area contributed by atoms with E-state index in [0.717, 1.165) is 30.2 Å². The molecule has 3 nitrogen and oxygen atoms in total. The van der Waals surface area contributed by atoms with Crippen molar-refractivity contribution in [3.63, 3.8) is 0 Å². The Morgan fingerprint density at radius 1 is 1.15 bits per heavy atom. The van der Waals surface area contributed by atoms with Gasteiger partial charge < -0.3 is 10.2 Å². The lowest BCUT2D eigenvalue weighted by atomic mass is 10.1. The molecule has 0 aliphatic carbocycles. The maximum Gasteiger partial charge on any atom is 0.173 e. The Morgan fingerprint density at radius 3 is 2.46 bits per heavy atom. The summed E-state index contributed by atoms with van der Waals surface area (Å²) in [4.78, 5) is 6.44. The first-order chi connectivity index (χ1) is 12.4. The standard InChI is InChI=1S/C22H31N3S/c1-6-19-9-7-8-17(4)21(19)24-22(26)25(15-12-16(2)3)18(5)20-10-13-23-14-11-20/h7-11,13-14,16,18H,6,12,15H2,1-5H3,(H,24,26). The summed E-state index contributed by atoms with van der Waals surface area (Å²) in [5, 5.41) is 4.34. The van der Waals surface area contributed by atoms with Gasteiger partial charge in [-0.15, -0.1) is 0 Å². The number of para-hydroxylation sites is 1. The van der Waals surface area contributed by atoms with E-state index in [9.17, 15) is 0 Å².